The van der Waals surface area contributed by atoms with E-state index in [2.05, 4.69) is 55.4 Å². The molecule has 0 bridgehead atoms. The minimum atomic E-state index is -4.59. The van der Waals surface area contributed by atoms with Crippen LogP contribution in [0.25, 0.3) is 0 Å². The molecule has 5 nitrogen and oxygen atoms in total. The number of fused-ring (bicyclic) bond motifs is 10. The number of hydrogen-bond donors (Lipinski definition) is 1. The van der Waals surface area contributed by atoms with E-state index in [0.29, 0.717) is 40.9 Å². The fourth-order valence-corrected chi connectivity index (χ4v) is 14.2. The third-order valence-corrected chi connectivity index (χ3v) is 16.0. The maximum absolute atomic E-state index is 11.9. The molecule has 5 aliphatic carbocycles. The maximum atomic E-state index is 11.9. The Kier molecular flexibility index (Phi) is 6.57. The van der Waals surface area contributed by atoms with Crippen LogP contribution in [0.5, 0.6) is 5.75 Å². The summed E-state index contributed by atoms with van der Waals surface area (Å²) >= 11 is 0. The third kappa shape index (κ3) is 4.16. The molecule has 1 aromatic rings. The summed E-state index contributed by atoms with van der Waals surface area (Å²) in [6.45, 7) is 19.8. The van der Waals surface area contributed by atoms with Gasteiger partial charge in [0.05, 0.1) is 11.7 Å². The minimum Gasteiger partial charge on any atom is -0.371 e. The lowest BCUT2D eigenvalue weighted by Gasteiger charge is -2.69. The van der Waals surface area contributed by atoms with Gasteiger partial charge in [-0.15, -0.1) is 0 Å². The summed E-state index contributed by atoms with van der Waals surface area (Å²) in [6, 6.07) is 3.72. The van der Waals surface area contributed by atoms with Crippen LogP contribution in [0.1, 0.15) is 136 Å². The first-order valence-corrected chi connectivity index (χ1v) is 18.7. The van der Waals surface area contributed by atoms with Crippen molar-refractivity contribution in [3.63, 3.8) is 0 Å². The van der Waals surface area contributed by atoms with Gasteiger partial charge in [0.2, 0.25) is 0 Å². The van der Waals surface area contributed by atoms with Crippen LogP contribution in [0.15, 0.2) is 12.1 Å². The van der Waals surface area contributed by atoms with Crippen molar-refractivity contribution >= 4 is 10.4 Å². The molecular weight excluding hydrogens is 556 g/mol. The summed E-state index contributed by atoms with van der Waals surface area (Å²) < 4.78 is 46.0. The van der Waals surface area contributed by atoms with Gasteiger partial charge in [-0.05, 0) is 147 Å². The highest BCUT2D eigenvalue weighted by Crippen LogP contribution is 2.74. The monoisotopic (exact) mass is 612 g/mol. The van der Waals surface area contributed by atoms with E-state index in [4.69, 9.17) is 8.92 Å². The first-order valence-electron chi connectivity index (χ1n) is 17.4. The number of hydrogen-bond acceptors (Lipinski definition) is 4. The first kappa shape index (κ1) is 30.5. The molecule has 4 saturated carbocycles. The van der Waals surface area contributed by atoms with E-state index in [0.717, 1.165) is 24.8 Å². The van der Waals surface area contributed by atoms with Gasteiger partial charge in [0.15, 0.2) is 0 Å². The molecule has 240 valence electrons. The Labute approximate surface area is 261 Å². The maximum Gasteiger partial charge on any atom is 0.446 e. The lowest BCUT2D eigenvalue weighted by Crippen LogP contribution is -2.64. The van der Waals surface area contributed by atoms with Crippen LogP contribution >= 0.6 is 0 Å². The van der Waals surface area contributed by atoms with Crippen molar-refractivity contribution in [1.82, 2.24) is 0 Å². The smallest absolute Gasteiger partial charge is 0.371 e. The van der Waals surface area contributed by atoms with E-state index in [-0.39, 0.29) is 27.3 Å². The van der Waals surface area contributed by atoms with Crippen LogP contribution in [-0.4, -0.2) is 24.7 Å². The Bertz CT molecular complexity index is 1430. The summed E-state index contributed by atoms with van der Waals surface area (Å²) in [5, 5.41) is 0. The molecule has 1 aromatic carbocycles. The molecule has 0 unspecified atom stereocenters. The number of benzene rings is 1. The topological polar surface area (TPSA) is 72.8 Å². The second-order valence-electron chi connectivity index (χ2n) is 18.0. The van der Waals surface area contributed by atoms with Crippen molar-refractivity contribution in [2.45, 2.75) is 150 Å². The Hall–Kier alpha value is -1.11. The Balaban J connectivity index is 1.23. The molecule has 43 heavy (non-hydrogen) atoms. The van der Waals surface area contributed by atoms with E-state index in [9.17, 15) is 13.0 Å². The van der Waals surface area contributed by atoms with Gasteiger partial charge in [0.1, 0.15) is 5.75 Å². The van der Waals surface area contributed by atoms with Crippen molar-refractivity contribution in [2.24, 2.45) is 45.3 Å². The average molecular weight is 613 g/mol. The molecule has 0 amide bonds. The zero-order valence-corrected chi connectivity index (χ0v) is 28.8. The van der Waals surface area contributed by atoms with E-state index >= 15 is 0 Å². The van der Waals surface area contributed by atoms with E-state index in [1.165, 1.54) is 68.9 Å². The molecule has 1 aliphatic heterocycles. The largest absolute Gasteiger partial charge is 0.446 e. The third-order valence-electron chi connectivity index (χ3n) is 15.6. The normalized spacial score (nSPS) is 48.4. The first-order chi connectivity index (χ1) is 19.9. The molecule has 1 saturated heterocycles. The molecule has 0 radical (unpaired) electrons. The van der Waals surface area contributed by atoms with E-state index < -0.39 is 10.4 Å². The van der Waals surface area contributed by atoms with Gasteiger partial charge < -0.3 is 8.92 Å². The molecule has 0 aromatic heterocycles. The van der Waals surface area contributed by atoms with Crippen molar-refractivity contribution in [3.8, 4) is 5.75 Å². The Morgan fingerprint density at radius 2 is 1.37 bits per heavy atom. The summed E-state index contributed by atoms with van der Waals surface area (Å²) in [5.74, 6) is 2.68. The van der Waals surface area contributed by atoms with Gasteiger partial charge in [-0.2, -0.15) is 8.42 Å². The SMILES string of the molecule is Cc1ccc(OS(=O)(=O)O)c2c1C[C@H]1[C@]3(C)CC[C@@H]4[C@](C)(CC[C@@H]5O[C@@]6(C)CCCC(C)(C)[C@@H]6CC[C@@]45C)[C@H]3CC[C@]21C. The average Bonchev–Trinajstić information content (AvgIpc) is 3.15. The highest BCUT2D eigenvalue weighted by atomic mass is 32.3. The molecule has 10 atom stereocenters. The molecule has 6 aliphatic rings. The van der Waals surface area contributed by atoms with Crippen LogP contribution in [0.3, 0.4) is 0 Å². The predicted octanol–water partition coefficient (Wildman–Crippen LogP) is 9.00. The molecule has 0 spiro atoms. The van der Waals surface area contributed by atoms with Crippen LogP contribution in [0.4, 0.5) is 0 Å². The predicted molar refractivity (Wildman–Crippen MR) is 171 cm³/mol. The Morgan fingerprint density at radius 1 is 0.767 bits per heavy atom. The van der Waals surface area contributed by atoms with Crippen LogP contribution in [-0.2, 0) is 27.0 Å². The van der Waals surface area contributed by atoms with Crippen LogP contribution in [0, 0.1) is 52.3 Å². The number of ether oxygens (including phenoxy) is 1. The molecule has 1 N–H and O–H groups in total. The highest BCUT2D eigenvalue weighted by Gasteiger charge is 2.69. The highest BCUT2D eigenvalue weighted by molar-refractivity contribution is 7.81. The fraction of sp³-hybridized carbons (Fsp3) is 0.838. The fourth-order valence-electron chi connectivity index (χ4n) is 13.8. The quantitative estimate of drug-likeness (QED) is 0.338. The van der Waals surface area contributed by atoms with Crippen LogP contribution < -0.4 is 4.18 Å². The number of aryl methyl sites for hydroxylation is 1. The lowest BCUT2D eigenvalue weighted by atomic mass is 9.36. The zero-order valence-electron chi connectivity index (χ0n) is 28.0. The van der Waals surface area contributed by atoms with Crippen molar-refractivity contribution < 1.29 is 21.9 Å². The standard InChI is InChI=1S/C37H56O5S/c1-23-10-11-25(42-43(38,39)40)31-24(23)22-29-34(5)18-13-28-33(4,27(34)14-20-36(29,31)7)21-15-30-35(28,6)19-12-26-32(2,3)16-9-17-37(26,8)41-30/h10-11,26-30H,9,12-22H2,1-8H3,(H,38,39,40)/t26-,27+,28+,29-,30-,33+,34+,35-,36-,37-/m0/s1. The lowest BCUT2D eigenvalue weighted by molar-refractivity contribution is -0.240. The van der Waals surface area contributed by atoms with Gasteiger partial charge in [-0.3, -0.25) is 4.55 Å². The van der Waals surface area contributed by atoms with Gasteiger partial charge in [0.25, 0.3) is 0 Å². The molecule has 5 fully saturated rings. The van der Waals surface area contributed by atoms with Gasteiger partial charge >= 0.3 is 10.4 Å². The summed E-state index contributed by atoms with van der Waals surface area (Å²) in [6.07, 6.45) is 14.8. The molecule has 6 heteroatoms. The van der Waals surface area contributed by atoms with Crippen molar-refractivity contribution in [1.29, 1.82) is 0 Å². The van der Waals surface area contributed by atoms with Crippen LogP contribution in [0.2, 0.25) is 0 Å². The van der Waals surface area contributed by atoms with Crippen molar-refractivity contribution in [2.75, 3.05) is 0 Å². The van der Waals surface area contributed by atoms with E-state index in [1.807, 2.05) is 6.07 Å². The van der Waals surface area contributed by atoms with E-state index in [1.54, 1.807) is 6.07 Å². The molecular formula is C37H56O5S. The Morgan fingerprint density at radius 3 is 2.09 bits per heavy atom. The summed E-state index contributed by atoms with van der Waals surface area (Å²) in [4.78, 5) is 0. The summed E-state index contributed by atoms with van der Waals surface area (Å²) in [7, 11) is -4.59. The molecule has 1 heterocycles. The summed E-state index contributed by atoms with van der Waals surface area (Å²) in [5.41, 5.74) is 4.30. The van der Waals surface area contributed by atoms with Gasteiger partial charge in [-0.25, -0.2) is 0 Å². The zero-order chi connectivity index (χ0) is 31.0. The molecule has 7 rings (SSSR count). The minimum absolute atomic E-state index is 0.00304. The second kappa shape index (κ2) is 9.25. The number of rotatable bonds is 2. The second-order valence-corrected chi connectivity index (χ2v) is 19.0. The van der Waals surface area contributed by atoms with Crippen molar-refractivity contribution in [3.05, 3.63) is 28.8 Å². The van der Waals surface area contributed by atoms with Gasteiger partial charge in [-0.1, -0.05) is 54.0 Å². The van der Waals surface area contributed by atoms with Gasteiger partial charge in [0, 0.05) is 11.0 Å².